The fourth-order valence-corrected chi connectivity index (χ4v) is 2.20. The molecule has 0 atom stereocenters. The van der Waals surface area contributed by atoms with Crippen LogP contribution in [-0.4, -0.2) is 12.0 Å². The Bertz CT molecular complexity index is 439. The van der Waals surface area contributed by atoms with Crippen LogP contribution in [0.4, 0.5) is 5.69 Å². The molecule has 0 aliphatic rings. The minimum absolute atomic E-state index is 0.527. The van der Waals surface area contributed by atoms with E-state index in [4.69, 9.17) is 5.73 Å². The summed E-state index contributed by atoms with van der Waals surface area (Å²) in [5.74, 6) is 0. The quantitative estimate of drug-likeness (QED) is 0.880. The number of benzene rings is 1. The van der Waals surface area contributed by atoms with E-state index in [9.17, 15) is 0 Å². The lowest BCUT2D eigenvalue weighted by atomic mass is 10.3. The fourth-order valence-electron chi connectivity index (χ4n) is 1.53. The van der Waals surface area contributed by atoms with Gasteiger partial charge in [0.1, 0.15) is 5.01 Å². The van der Waals surface area contributed by atoms with E-state index in [0.717, 1.165) is 17.2 Å². The molecule has 0 aliphatic carbocycles. The summed E-state index contributed by atoms with van der Waals surface area (Å²) in [5.41, 5.74) is 7.82. The van der Waals surface area contributed by atoms with Crippen LogP contribution in [0.5, 0.6) is 0 Å². The average Bonchev–Trinajstić information content (AvgIpc) is 2.78. The van der Waals surface area contributed by atoms with Gasteiger partial charge in [-0.2, -0.15) is 0 Å². The molecule has 1 heterocycles. The summed E-state index contributed by atoms with van der Waals surface area (Å²) in [4.78, 5) is 6.62. The number of rotatable bonds is 4. The Morgan fingerprint density at radius 3 is 2.69 bits per heavy atom. The van der Waals surface area contributed by atoms with Gasteiger partial charge in [0.15, 0.2) is 0 Å². The van der Waals surface area contributed by atoms with Crippen molar-refractivity contribution in [2.45, 2.75) is 13.1 Å². The first-order valence-electron chi connectivity index (χ1n) is 5.19. The standard InChI is InChI=1S/C12H15N3S/c1-15(11-5-3-2-4-6-11)8-10-9-16-12(7-13)14-10/h2-6,9H,7-8,13H2,1H3. The van der Waals surface area contributed by atoms with Gasteiger partial charge in [-0.15, -0.1) is 11.3 Å². The Balaban J connectivity index is 2.05. The van der Waals surface area contributed by atoms with Gasteiger partial charge < -0.3 is 10.6 Å². The highest BCUT2D eigenvalue weighted by Gasteiger charge is 2.04. The molecule has 0 radical (unpaired) electrons. The summed E-state index contributed by atoms with van der Waals surface area (Å²) < 4.78 is 0. The van der Waals surface area contributed by atoms with Crippen molar-refractivity contribution < 1.29 is 0 Å². The Morgan fingerprint density at radius 1 is 1.31 bits per heavy atom. The highest BCUT2D eigenvalue weighted by atomic mass is 32.1. The van der Waals surface area contributed by atoms with Crippen LogP contribution in [0.25, 0.3) is 0 Å². The van der Waals surface area contributed by atoms with E-state index >= 15 is 0 Å². The highest BCUT2D eigenvalue weighted by molar-refractivity contribution is 7.09. The van der Waals surface area contributed by atoms with Crippen LogP contribution in [0.2, 0.25) is 0 Å². The number of hydrogen-bond donors (Lipinski definition) is 1. The van der Waals surface area contributed by atoms with E-state index in [-0.39, 0.29) is 0 Å². The molecular weight excluding hydrogens is 218 g/mol. The molecule has 0 bridgehead atoms. The molecule has 0 aliphatic heterocycles. The van der Waals surface area contributed by atoms with Gasteiger partial charge in [0.2, 0.25) is 0 Å². The monoisotopic (exact) mass is 233 g/mol. The van der Waals surface area contributed by atoms with Crippen molar-refractivity contribution in [2.24, 2.45) is 5.73 Å². The molecule has 0 fully saturated rings. The highest BCUT2D eigenvalue weighted by Crippen LogP contribution is 2.16. The predicted molar refractivity (Wildman–Crippen MR) is 68.6 cm³/mol. The Morgan fingerprint density at radius 2 is 2.06 bits per heavy atom. The largest absolute Gasteiger partial charge is 0.369 e. The number of aromatic nitrogens is 1. The number of anilines is 1. The van der Waals surface area contributed by atoms with Crippen LogP contribution < -0.4 is 10.6 Å². The second-order valence-corrected chi connectivity index (χ2v) is 4.57. The summed E-state index contributed by atoms with van der Waals surface area (Å²) in [6, 6.07) is 10.3. The zero-order valence-corrected chi connectivity index (χ0v) is 10.1. The van der Waals surface area contributed by atoms with Crippen LogP contribution in [0, 0.1) is 0 Å². The summed E-state index contributed by atoms with van der Waals surface area (Å²) in [5, 5.41) is 3.07. The Kier molecular flexibility index (Phi) is 3.54. The van der Waals surface area contributed by atoms with E-state index < -0.39 is 0 Å². The molecule has 0 saturated carbocycles. The topological polar surface area (TPSA) is 42.1 Å². The third kappa shape index (κ3) is 2.59. The number of hydrogen-bond acceptors (Lipinski definition) is 4. The van der Waals surface area contributed by atoms with Crippen LogP contribution >= 0.6 is 11.3 Å². The number of nitrogens with zero attached hydrogens (tertiary/aromatic N) is 2. The maximum Gasteiger partial charge on any atom is 0.107 e. The third-order valence-electron chi connectivity index (χ3n) is 2.37. The summed E-state index contributed by atoms with van der Waals surface area (Å²) in [6.45, 7) is 1.35. The molecule has 0 spiro atoms. The normalized spacial score (nSPS) is 10.4. The second kappa shape index (κ2) is 5.09. The molecule has 16 heavy (non-hydrogen) atoms. The van der Waals surface area contributed by atoms with Gasteiger partial charge >= 0.3 is 0 Å². The van der Waals surface area contributed by atoms with Crippen molar-refractivity contribution in [3.63, 3.8) is 0 Å². The lowest BCUT2D eigenvalue weighted by molar-refractivity contribution is 0.880. The zero-order chi connectivity index (χ0) is 11.4. The number of para-hydroxylation sites is 1. The molecule has 2 rings (SSSR count). The molecule has 2 N–H and O–H groups in total. The first-order chi connectivity index (χ1) is 7.79. The van der Waals surface area contributed by atoms with Gasteiger partial charge in [-0.25, -0.2) is 4.98 Å². The van der Waals surface area contributed by atoms with Gasteiger partial charge in [-0.05, 0) is 12.1 Å². The van der Waals surface area contributed by atoms with Crippen molar-refractivity contribution in [1.82, 2.24) is 4.98 Å². The lowest BCUT2D eigenvalue weighted by Gasteiger charge is -2.17. The van der Waals surface area contributed by atoms with Crippen molar-refractivity contribution in [3.05, 3.63) is 46.4 Å². The smallest absolute Gasteiger partial charge is 0.107 e. The third-order valence-corrected chi connectivity index (χ3v) is 3.29. The van der Waals surface area contributed by atoms with Crippen LogP contribution in [0.3, 0.4) is 0 Å². The molecule has 2 aromatic rings. The molecule has 84 valence electrons. The first-order valence-corrected chi connectivity index (χ1v) is 6.07. The van der Waals surface area contributed by atoms with Gasteiger partial charge in [0.25, 0.3) is 0 Å². The van der Waals surface area contributed by atoms with Gasteiger partial charge in [0, 0.05) is 24.7 Å². The minimum Gasteiger partial charge on any atom is -0.369 e. The van der Waals surface area contributed by atoms with Crippen molar-refractivity contribution >= 4 is 17.0 Å². The van der Waals surface area contributed by atoms with Gasteiger partial charge in [0.05, 0.1) is 12.2 Å². The maximum absolute atomic E-state index is 5.54. The van der Waals surface area contributed by atoms with Crippen LogP contribution in [0.15, 0.2) is 35.7 Å². The van der Waals surface area contributed by atoms with E-state index in [1.54, 1.807) is 11.3 Å². The fraction of sp³-hybridized carbons (Fsp3) is 0.250. The van der Waals surface area contributed by atoms with Crippen molar-refractivity contribution in [1.29, 1.82) is 0 Å². The van der Waals surface area contributed by atoms with Crippen LogP contribution in [0.1, 0.15) is 10.7 Å². The first kappa shape index (κ1) is 11.1. The van der Waals surface area contributed by atoms with Crippen molar-refractivity contribution in [3.8, 4) is 0 Å². The van der Waals surface area contributed by atoms with Crippen molar-refractivity contribution in [2.75, 3.05) is 11.9 Å². The molecule has 0 unspecified atom stereocenters. The van der Waals surface area contributed by atoms with Gasteiger partial charge in [-0.1, -0.05) is 18.2 Å². The van der Waals surface area contributed by atoms with E-state index in [0.29, 0.717) is 6.54 Å². The molecule has 0 saturated heterocycles. The van der Waals surface area contributed by atoms with E-state index in [1.165, 1.54) is 5.69 Å². The average molecular weight is 233 g/mol. The Labute approximate surface area is 99.5 Å². The SMILES string of the molecule is CN(Cc1csc(CN)n1)c1ccccc1. The molecule has 1 aromatic carbocycles. The minimum atomic E-state index is 0.527. The zero-order valence-electron chi connectivity index (χ0n) is 9.26. The van der Waals surface area contributed by atoms with Crippen LogP contribution in [-0.2, 0) is 13.1 Å². The Hall–Kier alpha value is -1.39. The second-order valence-electron chi connectivity index (χ2n) is 3.63. The predicted octanol–water partition coefficient (Wildman–Crippen LogP) is 2.24. The molecule has 1 aromatic heterocycles. The summed E-state index contributed by atoms with van der Waals surface area (Å²) >= 11 is 1.62. The van der Waals surface area contributed by atoms with E-state index in [1.807, 2.05) is 18.2 Å². The molecule has 0 amide bonds. The number of thiazole rings is 1. The molecule has 3 nitrogen and oxygen atoms in total. The number of nitrogens with two attached hydrogens (primary N) is 1. The lowest BCUT2D eigenvalue weighted by Crippen LogP contribution is -2.16. The maximum atomic E-state index is 5.54. The summed E-state index contributed by atoms with van der Waals surface area (Å²) in [6.07, 6.45) is 0. The molecule has 4 heteroatoms. The van der Waals surface area contributed by atoms with E-state index in [2.05, 4.69) is 34.4 Å². The summed E-state index contributed by atoms with van der Waals surface area (Å²) in [7, 11) is 2.07. The van der Waals surface area contributed by atoms with Gasteiger partial charge in [-0.3, -0.25) is 0 Å². The molecular formula is C12H15N3S.